The van der Waals surface area contributed by atoms with Gasteiger partial charge in [0.1, 0.15) is 6.61 Å². The van der Waals surface area contributed by atoms with Crippen LogP contribution in [0.4, 0.5) is 4.39 Å². The molecule has 1 heterocycles. The molecule has 9 heteroatoms. The number of hydrogen-bond acceptors (Lipinski definition) is 6. The minimum Gasteiger partial charge on any atom is -0.488 e. The zero-order chi connectivity index (χ0) is 20.2. The Morgan fingerprint density at radius 3 is 2.26 bits per heavy atom. The predicted molar refractivity (Wildman–Crippen MR) is 94.4 cm³/mol. The first-order valence-electron chi connectivity index (χ1n) is 8.58. The molecule has 0 bridgehead atoms. The van der Waals surface area contributed by atoms with Crippen LogP contribution in [0.15, 0.2) is 24.3 Å². The van der Waals surface area contributed by atoms with Crippen molar-refractivity contribution in [1.29, 1.82) is 0 Å². The summed E-state index contributed by atoms with van der Waals surface area (Å²) >= 11 is 0. The summed E-state index contributed by atoms with van der Waals surface area (Å²) < 4.78 is 29.8. The molecule has 2 unspecified atom stereocenters. The zero-order valence-electron chi connectivity index (χ0n) is 15.5. The molecule has 0 radical (unpaired) electrons. The Balaban J connectivity index is 0.000000527. The highest BCUT2D eigenvalue weighted by molar-refractivity contribution is 6.27. The van der Waals surface area contributed by atoms with Crippen molar-refractivity contribution in [3.63, 3.8) is 0 Å². The molecule has 1 aliphatic heterocycles. The van der Waals surface area contributed by atoms with Crippen molar-refractivity contribution in [2.24, 2.45) is 0 Å². The Labute approximate surface area is 157 Å². The minimum absolute atomic E-state index is 0.275. The summed E-state index contributed by atoms with van der Waals surface area (Å²) in [6, 6.07) is 6.39. The van der Waals surface area contributed by atoms with E-state index in [0.29, 0.717) is 19.8 Å². The number of carboxylic acids is 2. The third-order valence-electron chi connectivity index (χ3n) is 3.55. The van der Waals surface area contributed by atoms with Crippen LogP contribution in [0.1, 0.15) is 13.8 Å². The van der Waals surface area contributed by atoms with Gasteiger partial charge in [-0.3, -0.25) is 4.90 Å². The van der Waals surface area contributed by atoms with Crippen LogP contribution < -0.4 is 4.74 Å². The maximum atomic E-state index is 13.3. The molecular weight excluding hydrogens is 361 g/mol. The molecule has 152 valence electrons. The monoisotopic (exact) mass is 387 g/mol. The highest BCUT2D eigenvalue weighted by Crippen LogP contribution is 2.15. The van der Waals surface area contributed by atoms with Gasteiger partial charge in [-0.2, -0.15) is 0 Å². The van der Waals surface area contributed by atoms with Crippen molar-refractivity contribution in [2.75, 3.05) is 39.5 Å². The molecule has 2 rings (SSSR count). The van der Waals surface area contributed by atoms with E-state index < -0.39 is 11.9 Å². The van der Waals surface area contributed by atoms with E-state index in [2.05, 4.69) is 18.7 Å². The molecular formula is C18H26FNO7. The summed E-state index contributed by atoms with van der Waals surface area (Å²) in [5.41, 5.74) is 0. The van der Waals surface area contributed by atoms with Crippen LogP contribution in [-0.2, 0) is 19.1 Å². The van der Waals surface area contributed by atoms with Crippen LogP contribution in [0.3, 0.4) is 0 Å². The molecule has 0 saturated carbocycles. The lowest BCUT2D eigenvalue weighted by Crippen LogP contribution is -2.46. The van der Waals surface area contributed by atoms with Crippen molar-refractivity contribution in [3.8, 4) is 5.75 Å². The van der Waals surface area contributed by atoms with E-state index in [9.17, 15) is 4.39 Å². The van der Waals surface area contributed by atoms with Gasteiger partial charge in [-0.15, -0.1) is 0 Å². The fraction of sp³-hybridized carbons (Fsp3) is 0.556. The lowest BCUT2D eigenvalue weighted by molar-refractivity contribution is -0.159. The van der Waals surface area contributed by atoms with Crippen LogP contribution >= 0.6 is 0 Å². The zero-order valence-corrected chi connectivity index (χ0v) is 15.5. The van der Waals surface area contributed by atoms with Gasteiger partial charge in [0.05, 0.1) is 25.4 Å². The summed E-state index contributed by atoms with van der Waals surface area (Å²) in [5, 5.41) is 14.8. The van der Waals surface area contributed by atoms with Crippen molar-refractivity contribution in [3.05, 3.63) is 30.1 Å². The number of benzene rings is 1. The van der Waals surface area contributed by atoms with E-state index in [4.69, 9.17) is 34.0 Å². The van der Waals surface area contributed by atoms with Crippen LogP contribution in [0.25, 0.3) is 0 Å². The number of halogens is 1. The van der Waals surface area contributed by atoms with Gasteiger partial charge in [0.15, 0.2) is 11.6 Å². The molecule has 27 heavy (non-hydrogen) atoms. The normalized spacial score (nSPS) is 19.7. The molecule has 0 aromatic heterocycles. The second-order valence-corrected chi connectivity index (χ2v) is 6.02. The van der Waals surface area contributed by atoms with Crippen LogP contribution in [0.2, 0.25) is 0 Å². The largest absolute Gasteiger partial charge is 0.488 e. The molecule has 0 aliphatic carbocycles. The SMILES string of the molecule is CC1CN(CCOCCOc2ccccc2F)CC(C)O1.O=C(O)C(=O)O. The van der Waals surface area contributed by atoms with Gasteiger partial charge in [-0.05, 0) is 26.0 Å². The van der Waals surface area contributed by atoms with Crippen molar-refractivity contribution in [2.45, 2.75) is 26.1 Å². The molecule has 2 atom stereocenters. The summed E-state index contributed by atoms with van der Waals surface area (Å²) in [5.74, 6) is -3.71. The van der Waals surface area contributed by atoms with Crippen LogP contribution in [0, 0.1) is 5.82 Å². The lowest BCUT2D eigenvalue weighted by Gasteiger charge is -2.35. The Bertz CT molecular complexity index is 577. The molecule has 1 aromatic rings. The number of carbonyl (C=O) groups is 2. The van der Waals surface area contributed by atoms with E-state index in [1.807, 2.05) is 0 Å². The molecule has 0 amide bonds. The van der Waals surface area contributed by atoms with E-state index in [-0.39, 0.29) is 23.8 Å². The van der Waals surface area contributed by atoms with Crippen molar-refractivity contribution >= 4 is 11.9 Å². The van der Waals surface area contributed by atoms with Gasteiger partial charge >= 0.3 is 11.9 Å². The third kappa shape index (κ3) is 9.88. The van der Waals surface area contributed by atoms with E-state index in [1.54, 1.807) is 18.2 Å². The highest BCUT2D eigenvalue weighted by atomic mass is 19.1. The number of morpholine rings is 1. The van der Waals surface area contributed by atoms with Crippen LogP contribution in [-0.4, -0.2) is 78.7 Å². The molecule has 1 aromatic carbocycles. The maximum absolute atomic E-state index is 13.3. The van der Waals surface area contributed by atoms with Gasteiger partial charge in [-0.1, -0.05) is 12.1 Å². The fourth-order valence-electron chi connectivity index (χ4n) is 2.54. The Hall–Kier alpha value is -2.23. The number of hydrogen-bond donors (Lipinski definition) is 2. The molecule has 8 nitrogen and oxygen atoms in total. The average Bonchev–Trinajstić information content (AvgIpc) is 2.59. The third-order valence-corrected chi connectivity index (χ3v) is 3.55. The Kier molecular flexibility index (Phi) is 10.3. The smallest absolute Gasteiger partial charge is 0.414 e. The van der Waals surface area contributed by atoms with Crippen LogP contribution in [0.5, 0.6) is 5.75 Å². The summed E-state index contributed by atoms with van der Waals surface area (Å²) in [7, 11) is 0. The van der Waals surface area contributed by atoms with Gasteiger partial charge in [0, 0.05) is 19.6 Å². The number of para-hydroxylation sites is 1. The number of ether oxygens (including phenoxy) is 3. The van der Waals surface area contributed by atoms with Crippen molar-refractivity contribution in [1.82, 2.24) is 4.90 Å². The van der Waals surface area contributed by atoms with Gasteiger partial charge in [0.2, 0.25) is 0 Å². The Morgan fingerprint density at radius 2 is 1.70 bits per heavy atom. The second kappa shape index (κ2) is 12.2. The molecule has 1 aliphatic rings. The van der Waals surface area contributed by atoms with Gasteiger partial charge in [-0.25, -0.2) is 14.0 Å². The predicted octanol–water partition coefficient (Wildman–Crippen LogP) is 1.49. The summed E-state index contributed by atoms with van der Waals surface area (Å²) in [4.78, 5) is 20.5. The molecule has 1 fully saturated rings. The first kappa shape index (κ1) is 22.8. The van der Waals surface area contributed by atoms with E-state index in [1.165, 1.54) is 6.07 Å². The van der Waals surface area contributed by atoms with Crippen molar-refractivity contribution < 1.29 is 38.4 Å². The minimum atomic E-state index is -1.82. The average molecular weight is 387 g/mol. The Morgan fingerprint density at radius 1 is 1.11 bits per heavy atom. The maximum Gasteiger partial charge on any atom is 0.414 e. The van der Waals surface area contributed by atoms with Gasteiger partial charge < -0.3 is 24.4 Å². The van der Waals surface area contributed by atoms with E-state index >= 15 is 0 Å². The van der Waals surface area contributed by atoms with E-state index in [0.717, 1.165) is 19.6 Å². The molecule has 0 spiro atoms. The first-order chi connectivity index (χ1) is 12.8. The lowest BCUT2D eigenvalue weighted by atomic mass is 10.2. The molecule has 1 saturated heterocycles. The summed E-state index contributed by atoms with van der Waals surface area (Å²) in [6.45, 7) is 8.43. The summed E-state index contributed by atoms with van der Waals surface area (Å²) in [6.07, 6.45) is 0.552. The highest BCUT2D eigenvalue weighted by Gasteiger charge is 2.21. The topological polar surface area (TPSA) is 106 Å². The number of nitrogens with zero attached hydrogens (tertiary/aromatic N) is 1. The number of carboxylic acid groups (broad SMARTS) is 2. The second-order valence-electron chi connectivity index (χ2n) is 6.02. The standard InChI is InChI=1S/C16H24FNO3.C2H2O4/c1-13-11-18(12-14(2)21-13)7-8-19-9-10-20-16-6-4-3-5-15(16)17;3-1(4)2(5)6/h3-6,13-14H,7-12H2,1-2H3;(H,3,4)(H,5,6). The fourth-order valence-corrected chi connectivity index (χ4v) is 2.54. The number of aliphatic carboxylic acids is 2. The first-order valence-corrected chi connectivity index (χ1v) is 8.58. The number of rotatable bonds is 7. The molecule has 2 N–H and O–H groups in total. The quantitative estimate of drug-likeness (QED) is 0.535. The van der Waals surface area contributed by atoms with Gasteiger partial charge in [0.25, 0.3) is 0 Å².